The van der Waals surface area contributed by atoms with E-state index in [0.29, 0.717) is 27.6 Å². The molecule has 0 bridgehead atoms. The summed E-state index contributed by atoms with van der Waals surface area (Å²) >= 11 is 8.86. The van der Waals surface area contributed by atoms with Gasteiger partial charge in [-0.3, -0.25) is 4.79 Å². The zero-order chi connectivity index (χ0) is 15.2. The lowest BCUT2D eigenvalue weighted by Gasteiger charge is -2.06. The minimum absolute atomic E-state index is 0.171. The lowest BCUT2D eigenvalue weighted by Crippen LogP contribution is -2.14. The third-order valence-corrected chi connectivity index (χ3v) is 4.11. The lowest BCUT2D eigenvalue weighted by molar-refractivity contribution is -0.113. The van der Waals surface area contributed by atoms with E-state index in [1.54, 1.807) is 23.9 Å². The molecule has 112 valence electrons. The molecular weight excluding hydrogens is 330 g/mol. The summed E-state index contributed by atoms with van der Waals surface area (Å²) in [4.78, 5) is 11.9. The molecule has 0 saturated carbocycles. The first-order valence-corrected chi connectivity index (χ1v) is 8.84. The monoisotopic (exact) mass is 343 g/mol. The molecule has 2 aromatic rings. The number of carbonyl (C=O) groups excluding carboxylic acids is 1. The molecule has 1 amide bonds. The minimum Gasteiger partial charge on any atom is -0.415 e. The average Bonchev–Trinajstić information content (AvgIpc) is 2.88. The van der Waals surface area contributed by atoms with Gasteiger partial charge in [0.15, 0.2) is 0 Å². The zero-order valence-electron chi connectivity index (χ0n) is 11.6. The largest absolute Gasteiger partial charge is 0.415 e. The van der Waals surface area contributed by atoms with E-state index in [1.165, 1.54) is 11.8 Å². The van der Waals surface area contributed by atoms with Crippen molar-refractivity contribution in [2.75, 3.05) is 17.3 Å². The van der Waals surface area contributed by atoms with Crippen molar-refractivity contribution in [3.8, 4) is 0 Å². The Hall–Kier alpha value is -1.18. The number of hydrogen-bond acceptors (Lipinski definition) is 6. The van der Waals surface area contributed by atoms with Gasteiger partial charge in [0, 0.05) is 0 Å². The maximum Gasteiger partial charge on any atom is 0.277 e. The van der Waals surface area contributed by atoms with Gasteiger partial charge in [0.05, 0.1) is 22.2 Å². The summed E-state index contributed by atoms with van der Waals surface area (Å²) in [5, 5.41) is 11.4. The second-order valence-electron chi connectivity index (χ2n) is 4.21. The summed E-state index contributed by atoms with van der Waals surface area (Å²) in [7, 11) is 0. The second-order valence-corrected chi connectivity index (χ2v) is 6.41. The molecule has 0 saturated heterocycles. The Kier molecular flexibility index (Phi) is 5.96. The molecule has 21 heavy (non-hydrogen) atoms. The molecule has 0 aliphatic heterocycles. The lowest BCUT2D eigenvalue weighted by atomic mass is 10.2. The quantitative estimate of drug-likeness (QED) is 0.808. The first-order valence-electron chi connectivity index (χ1n) is 6.08. The van der Waals surface area contributed by atoms with Gasteiger partial charge >= 0.3 is 0 Å². The Morgan fingerprint density at radius 1 is 1.43 bits per heavy atom. The van der Waals surface area contributed by atoms with Crippen molar-refractivity contribution in [1.82, 2.24) is 10.2 Å². The number of anilines is 1. The number of thioether (sulfide) groups is 2. The normalized spacial score (nSPS) is 10.6. The fraction of sp³-hybridized carbons (Fsp3) is 0.308. The number of nitrogens with one attached hydrogen (secondary N) is 1. The number of aryl methyl sites for hydroxylation is 1. The molecule has 1 heterocycles. The highest BCUT2D eigenvalue weighted by atomic mass is 35.5. The summed E-state index contributed by atoms with van der Waals surface area (Å²) in [5.41, 5.74) is 1.64. The van der Waals surface area contributed by atoms with Crippen molar-refractivity contribution in [2.24, 2.45) is 0 Å². The highest BCUT2D eigenvalue weighted by Crippen LogP contribution is 2.23. The number of halogens is 1. The minimum atomic E-state index is -0.171. The Bertz CT molecular complexity index is 634. The molecule has 1 N–H and O–H groups in total. The number of nitrogens with zero attached hydrogens (tertiary/aromatic N) is 2. The number of carbonyl (C=O) groups is 1. The highest BCUT2D eigenvalue weighted by Gasteiger charge is 2.10. The van der Waals surface area contributed by atoms with Crippen LogP contribution in [0, 0.1) is 6.92 Å². The van der Waals surface area contributed by atoms with Crippen LogP contribution in [0.3, 0.4) is 0 Å². The van der Waals surface area contributed by atoms with Gasteiger partial charge in [-0.1, -0.05) is 29.4 Å². The molecule has 1 aromatic heterocycles. The molecular formula is C13H14ClN3O2S2. The maximum atomic E-state index is 11.9. The SMILES string of the molecule is CSCc1nnc(SCC(=O)Nc2ccc(C)cc2Cl)o1. The molecule has 0 aliphatic carbocycles. The Labute approximate surface area is 136 Å². The van der Waals surface area contributed by atoms with Crippen LogP contribution in [0.4, 0.5) is 5.69 Å². The van der Waals surface area contributed by atoms with E-state index >= 15 is 0 Å². The van der Waals surface area contributed by atoms with Gasteiger partial charge in [-0.05, 0) is 30.9 Å². The Morgan fingerprint density at radius 3 is 2.95 bits per heavy atom. The summed E-state index contributed by atoms with van der Waals surface area (Å²) < 4.78 is 5.38. The number of aromatic nitrogens is 2. The van der Waals surface area contributed by atoms with Gasteiger partial charge in [-0.2, -0.15) is 11.8 Å². The van der Waals surface area contributed by atoms with E-state index < -0.39 is 0 Å². The van der Waals surface area contributed by atoms with E-state index in [2.05, 4.69) is 15.5 Å². The third kappa shape index (κ3) is 4.94. The number of amides is 1. The highest BCUT2D eigenvalue weighted by molar-refractivity contribution is 7.99. The van der Waals surface area contributed by atoms with Crippen LogP contribution in [0.2, 0.25) is 5.02 Å². The first-order chi connectivity index (χ1) is 10.1. The van der Waals surface area contributed by atoms with Crippen LogP contribution in [-0.2, 0) is 10.5 Å². The van der Waals surface area contributed by atoms with Crippen molar-refractivity contribution >= 4 is 46.7 Å². The van der Waals surface area contributed by atoms with Gasteiger partial charge in [0.1, 0.15) is 0 Å². The Morgan fingerprint density at radius 2 is 2.24 bits per heavy atom. The Balaban J connectivity index is 1.86. The van der Waals surface area contributed by atoms with Crippen molar-refractivity contribution in [3.63, 3.8) is 0 Å². The molecule has 0 unspecified atom stereocenters. The fourth-order valence-corrected chi connectivity index (χ4v) is 2.74. The molecule has 1 aromatic carbocycles. The third-order valence-electron chi connectivity index (χ3n) is 2.44. The van der Waals surface area contributed by atoms with Crippen LogP contribution in [0.15, 0.2) is 27.8 Å². The van der Waals surface area contributed by atoms with Crippen LogP contribution in [-0.4, -0.2) is 28.1 Å². The number of hydrogen-bond donors (Lipinski definition) is 1. The number of benzene rings is 1. The standard InChI is InChI=1S/C13H14ClN3O2S2/c1-8-3-4-10(9(14)5-8)15-11(18)6-21-13-17-16-12(19-13)7-20-2/h3-5H,6-7H2,1-2H3,(H,15,18). The van der Waals surface area contributed by atoms with Crippen molar-refractivity contribution in [3.05, 3.63) is 34.7 Å². The molecule has 0 aliphatic rings. The predicted molar refractivity (Wildman–Crippen MR) is 87.1 cm³/mol. The second kappa shape index (κ2) is 7.72. The summed E-state index contributed by atoms with van der Waals surface area (Å²) in [6.07, 6.45) is 1.95. The van der Waals surface area contributed by atoms with E-state index in [0.717, 1.165) is 5.56 Å². The van der Waals surface area contributed by atoms with Gasteiger partial charge in [-0.15, -0.1) is 10.2 Å². The van der Waals surface area contributed by atoms with Crippen LogP contribution in [0.5, 0.6) is 0 Å². The smallest absolute Gasteiger partial charge is 0.277 e. The van der Waals surface area contributed by atoms with Crippen molar-refractivity contribution < 1.29 is 9.21 Å². The molecule has 5 nitrogen and oxygen atoms in total. The van der Waals surface area contributed by atoms with Gasteiger partial charge in [0.2, 0.25) is 11.8 Å². The summed E-state index contributed by atoms with van der Waals surface area (Å²) in [5.74, 6) is 1.24. The summed E-state index contributed by atoms with van der Waals surface area (Å²) in [6.45, 7) is 1.94. The maximum absolute atomic E-state index is 11.9. The average molecular weight is 344 g/mol. The van der Waals surface area contributed by atoms with Crippen LogP contribution in [0.25, 0.3) is 0 Å². The van der Waals surface area contributed by atoms with E-state index in [9.17, 15) is 4.79 Å². The predicted octanol–water partition coefficient (Wildman–Crippen LogP) is 3.63. The van der Waals surface area contributed by atoms with Crippen molar-refractivity contribution in [1.29, 1.82) is 0 Å². The topological polar surface area (TPSA) is 68.0 Å². The molecule has 0 fully saturated rings. The van der Waals surface area contributed by atoms with Crippen LogP contribution >= 0.6 is 35.1 Å². The van der Waals surface area contributed by atoms with Gasteiger partial charge in [0.25, 0.3) is 5.22 Å². The van der Waals surface area contributed by atoms with E-state index in [4.69, 9.17) is 16.0 Å². The molecule has 0 spiro atoms. The van der Waals surface area contributed by atoms with Gasteiger partial charge < -0.3 is 9.73 Å². The van der Waals surface area contributed by atoms with Crippen LogP contribution in [0.1, 0.15) is 11.5 Å². The van der Waals surface area contributed by atoms with Gasteiger partial charge in [-0.25, -0.2) is 0 Å². The van der Waals surface area contributed by atoms with Crippen LogP contribution < -0.4 is 5.32 Å². The first kappa shape index (κ1) is 16.2. The molecule has 0 atom stereocenters. The van der Waals surface area contributed by atoms with Crippen molar-refractivity contribution in [2.45, 2.75) is 17.9 Å². The molecule has 8 heteroatoms. The van der Waals surface area contributed by atoms with E-state index in [-0.39, 0.29) is 11.7 Å². The van der Waals surface area contributed by atoms with E-state index in [1.807, 2.05) is 19.2 Å². The number of rotatable bonds is 6. The summed E-state index contributed by atoms with van der Waals surface area (Å²) in [6, 6.07) is 5.47. The fourth-order valence-electron chi connectivity index (χ4n) is 1.51. The molecule has 0 radical (unpaired) electrons. The molecule has 2 rings (SSSR count). The zero-order valence-corrected chi connectivity index (χ0v) is 13.9.